The molecule has 0 saturated heterocycles. The minimum atomic E-state index is -1.03. The van der Waals surface area contributed by atoms with Gasteiger partial charge in [-0.15, -0.1) is 0 Å². The Morgan fingerprint density at radius 3 is 2.24 bits per heavy atom. The molecule has 0 fully saturated rings. The maximum Gasteiger partial charge on any atom is 0.188 e. The molecular formula is C28H31N3O2. The van der Waals surface area contributed by atoms with E-state index in [9.17, 15) is 5.11 Å². The summed E-state index contributed by atoms with van der Waals surface area (Å²) in [4.78, 5) is 9.42. The lowest BCUT2D eigenvalue weighted by Gasteiger charge is -2.37. The fourth-order valence-electron chi connectivity index (χ4n) is 4.39. The van der Waals surface area contributed by atoms with Crippen molar-refractivity contribution in [3.05, 3.63) is 93.5 Å². The Hall–Kier alpha value is -3.60. The first-order valence-corrected chi connectivity index (χ1v) is 11.4. The lowest BCUT2D eigenvalue weighted by atomic mass is 9.86. The molecule has 1 aliphatic heterocycles. The van der Waals surface area contributed by atoms with Gasteiger partial charge in [0.25, 0.3) is 0 Å². The zero-order valence-corrected chi connectivity index (χ0v) is 19.9. The highest BCUT2D eigenvalue weighted by molar-refractivity contribution is 6.05. The molecule has 5 nitrogen and oxygen atoms in total. The van der Waals surface area contributed by atoms with Gasteiger partial charge >= 0.3 is 0 Å². The summed E-state index contributed by atoms with van der Waals surface area (Å²) in [6.45, 7) is 10.9. The fourth-order valence-corrected chi connectivity index (χ4v) is 4.39. The quantitative estimate of drug-likeness (QED) is 0.516. The Kier molecular flexibility index (Phi) is 6.23. The molecule has 1 aliphatic rings. The van der Waals surface area contributed by atoms with Gasteiger partial charge in [-0.05, 0) is 57.4 Å². The number of rotatable bonds is 6. The fraction of sp³-hybridized carbons (Fsp3) is 0.286. The van der Waals surface area contributed by atoms with Crippen molar-refractivity contribution in [3.8, 4) is 11.5 Å². The molecule has 0 aliphatic carbocycles. The van der Waals surface area contributed by atoms with Gasteiger partial charge in [0, 0.05) is 22.8 Å². The van der Waals surface area contributed by atoms with Crippen LogP contribution in [0.4, 0.5) is 0 Å². The normalized spacial score (nSPS) is 17.4. The van der Waals surface area contributed by atoms with E-state index >= 15 is 0 Å². The van der Waals surface area contributed by atoms with Crippen molar-refractivity contribution in [2.75, 3.05) is 6.61 Å². The summed E-state index contributed by atoms with van der Waals surface area (Å²) < 4.78 is 5.73. The maximum absolute atomic E-state index is 11.1. The Labute approximate surface area is 195 Å². The smallest absolute Gasteiger partial charge is 0.188 e. The van der Waals surface area contributed by atoms with Crippen LogP contribution in [0.2, 0.25) is 0 Å². The highest BCUT2D eigenvalue weighted by Crippen LogP contribution is 2.41. The van der Waals surface area contributed by atoms with Gasteiger partial charge in [0.1, 0.15) is 23.7 Å². The summed E-state index contributed by atoms with van der Waals surface area (Å²) in [5.41, 5.74) is 6.14. The van der Waals surface area contributed by atoms with E-state index in [0.29, 0.717) is 23.8 Å². The Balaban J connectivity index is 1.87. The standard InChI is InChI=1S/C28H31N3O2/c1-6-13-33-22-9-12-25(26(32)16-22)28(24-11-8-19(3)15-21(24)5)30-17-29-27(31-28)23-10-7-18(2)14-20(23)4/h7-12,14-17,32H,6,13H2,1-5H3,(H,29,30,31). The van der Waals surface area contributed by atoms with Gasteiger partial charge in [0.05, 0.1) is 6.61 Å². The van der Waals surface area contributed by atoms with Crippen LogP contribution in [-0.4, -0.2) is 23.9 Å². The predicted molar refractivity (Wildman–Crippen MR) is 135 cm³/mol. The van der Waals surface area contributed by atoms with E-state index in [4.69, 9.17) is 9.73 Å². The molecule has 3 aromatic rings. The molecule has 33 heavy (non-hydrogen) atoms. The number of hydrogen-bond donors (Lipinski definition) is 2. The molecule has 0 amide bonds. The molecule has 170 valence electrons. The van der Waals surface area contributed by atoms with E-state index in [-0.39, 0.29) is 5.75 Å². The van der Waals surface area contributed by atoms with Crippen LogP contribution >= 0.6 is 0 Å². The van der Waals surface area contributed by atoms with E-state index in [2.05, 4.69) is 81.3 Å². The molecule has 0 saturated carbocycles. The molecule has 0 spiro atoms. The molecule has 1 unspecified atom stereocenters. The van der Waals surface area contributed by atoms with Gasteiger partial charge in [-0.1, -0.05) is 54.4 Å². The second-order valence-corrected chi connectivity index (χ2v) is 8.72. The predicted octanol–water partition coefficient (Wildman–Crippen LogP) is 5.69. The number of nitrogens with zero attached hydrogens (tertiary/aromatic N) is 2. The van der Waals surface area contributed by atoms with Crippen LogP contribution in [0.1, 0.15) is 52.3 Å². The average molecular weight is 442 g/mol. The Morgan fingerprint density at radius 1 is 0.879 bits per heavy atom. The number of phenols is 1. The SMILES string of the molecule is CCCOc1ccc(C2(c3ccc(C)cc3C)N=CN=C(c3ccc(C)cc3C)N2)c(O)c1. The number of aryl methyl sites for hydroxylation is 4. The van der Waals surface area contributed by atoms with Crippen molar-refractivity contribution in [2.45, 2.75) is 46.7 Å². The van der Waals surface area contributed by atoms with Crippen LogP contribution in [0.15, 0.2) is 64.6 Å². The van der Waals surface area contributed by atoms with Crippen LogP contribution in [-0.2, 0) is 5.66 Å². The van der Waals surface area contributed by atoms with Crippen LogP contribution in [0.25, 0.3) is 0 Å². The first kappa shape index (κ1) is 22.6. The van der Waals surface area contributed by atoms with Crippen molar-refractivity contribution in [1.82, 2.24) is 5.32 Å². The van der Waals surface area contributed by atoms with Crippen molar-refractivity contribution >= 4 is 12.2 Å². The number of amidine groups is 1. The van der Waals surface area contributed by atoms with Crippen LogP contribution in [0.5, 0.6) is 11.5 Å². The summed E-state index contributed by atoms with van der Waals surface area (Å²) in [5.74, 6) is 1.47. The molecule has 0 bridgehead atoms. The monoisotopic (exact) mass is 441 g/mol. The largest absolute Gasteiger partial charge is 0.507 e. The molecular weight excluding hydrogens is 410 g/mol. The zero-order valence-electron chi connectivity index (χ0n) is 19.9. The van der Waals surface area contributed by atoms with E-state index in [1.165, 1.54) is 11.1 Å². The minimum Gasteiger partial charge on any atom is -0.507 e. The lowest BCUT2D eigenvalue weighted by Crippen LogP contribution is -2.48. The van der Waals surface area contributed by atoms with Crippen molar-refractivity contribution in [2.24, 2.45) is 9.98 Å². The number of aliphatic imine (C=N–C) groups is 2. The number of benzene rings is 3. The molecule has 1 heterocycles. The van der Waals surface area contributed by atoms with Gasteiger partial charge in [0.15, 0.2) is 5.66 Å². The third kappa shape index (κ3) is 4.36. The van der Waals surface area contributed by atoms with Crippen molar-refractivity contribution in [1.29, 1.82) is 0 Å². The summed E-state index contributed by atoms with van der Waals surface area (Å²) >= 11 is 0. The van der Waals surface area contributed by atoms with Gasteiger partial charge < -0.3 is 15.2 Å². The van der Waals surface area contributed by atoms with Crippen LogP contribution in [0, 0.1) is 27.7 Å². The third-order valence-corrected chi connectivity index (χ3v) is 5.98. The Bertz CT molecular complexity index is 1250. The first-order chi connectivity index (χ1) is 15.8. The second kappa shape index (κ2) is 9.10. The van der Waals surface area contributed by atoms with Gasteiger partial charge in [-0.3, -0.25) is 0 Å². The lowest BCUT2D eigenvalue weighted by molar-refractivity contribution is 0.314. The molecule has 3 aromatic carbocycles. The second-order valence-electron chi connectivity index (χ2n) is 8.72. The maximum atomic E-state index is 11.1. The number of nitrogens with one attached hydrogen (secondary N) is 1. The summed E-state index contributed by atoms with van der Waals surface area (Å²) in [5, 5.41) is 14.7. The van der Waals surface area contributed by atoms with E-state index in [1.54, 1.807) is 12.4 Å². The van der Waals surface area contributed by atoms with E-state index < -0.39 is 5.66 Å². The van der Waals surface area contributed by atoms with Gasteiger partial charge in [0.2, 0.25) is 0 Å². The van der Waals surface area contributed by atoms with E-state index in [1.807, 2.05) is 12.1 Å². The zero-order chi connectivity index (χ0) is 23.6. The average Bonchev–Trinajstić information content (AvgIpc) is 2.77. The molecule has 0 radical (unpaired) electrons. The molecule has 1 atom stereocenters. The van der Waals surface area contributed by atoms with Gasteiger partial charge in [-0.25, -0.2) is 9.98 Å². The first-order valence-electron chi connectivity index (χ1n) is 11.4. The Morgan fingerprint density at radius 2 is 1.58 bits per heavy atom. The molecule has 4 rings (SSSR count). The topological polar surface area (TPSA) is 66.2 Å². The summed E-state index contributed by atoms with van der Waals surface area (Å²) in [7, 11) is 0. The van der Waals surface area contributed by atoms with Crippen LogP contribution < -0.4 is 10.1 Å². The molecule has 0 aromatic heterocycles. The number of ether oxygens (including phenoxy) is 1. The molecule has 5 heteroatoms. The number of hydrogen-bond acceptors (Lipinski definition) is 5. The molecule has 2 N–H and O–H groups in total. The third-order valence-electron chi connectivity index (χ3n) is 5.98. The summed E-state index contributed by atoms with van der Waals surface area (Å²) in [6.07, 6.45) is 2.49. The van der Waals surface area contributed by atoms with Gasteiger partial charge in [-0.2, -0.15) is 0 Å². The van der Waals surface area contributed by atoms with E-state index in [0.717, 1.165) is 28.7 Å². The van der Waals surface area contributed by atoms with Crippen LogP contribution in [0.3, 0.4) is 0 Å². The minimum absolute atomic E-state index is 0.120. The van der Waals surface area contributed by atoms with Crippen molar-refractivity contribution < 1.29 is 9.84 Å². The summed E-state index contributed by atoms with van der Waals surface area (Å²) in [6, 6.07) is 18.0. The van der Waals surface area contributed by atoms with Crippen molar-refractivity contribution in [3.63, 3.8) is 0 Å². The highest BCUT2D eigenvalue weighted by atomic mass is 16.5. The number of aromatic hydroxyl groups is 1. The number of phenolic OH excluding ortho intramolecular Hbond substituents is 1. The highest BCUT2D eigenvalue weighted by Gasteiger charge is 2.40.